The van der Waals surface area contributed by atoms with Gasteiger partial charge in [0, 0.05) is 12.0 Å². The lowest BCUT2D eigenvalue weighted by Crippen LogP contribution is -2.45. The molecule has 0 radical (unpaired) electrons. The van der Waals surface area contributed by atoms with E-state index in [0.717, 1.165) is 18.4 Å². The first-order valence-electron chi connectivity index (χ1n) is 11.0. The Kier molecular flexibility index (Phi) is 8.11. The number of ether oxygens (including phenoxy) is 2. The summed E-state index contributed by atoms with van der Waals surface area (Å²) < 4.78 is 10.9. The van der Waals surface area contributed by atoms with E-state index < -0.39 is 6.09 Å². The highest BCUT2D eigenvalue weighted by Crippen LogP contribution is 2.40. The molecular weight excluding hydrogens is 408 g/mol. The lowest BCUT2D eigenvalue weighted by atomic mass is 9.68. The van der Waals surface area contributed by atoms with Gasteiger partial charge in [-0.3, -0.25) is 4.79 Å². The van der Waals surface area contributed by atoms with Gasteiger partial charge >= 0.3 is 6.09 Å². The highest BCUT2D eigenvalue weighted by atomic mass is 16.6. The normalized spacial score (nSPS) is 21.3. The maximum absolute atomic E-state index is 12.9. The van der Waals surface area contributed by atoms with Crippen LogP contribution in [0.1, 0.15) is 48.5 Å². The minimum atomic E-state index is -0.506. The Hall–Kier alpha value is -3.06. The molecule has 0 heterocycles. The third-order valence-electron chi connectivity index (χ3n) is 6.13. The highest BCUT2D eigenvalue weighted by Gasteiger charge is 2.38. The van der Waals surface area contributed by atoms with E-state index in [4.69, 9.17) is 14.6 Å². The van der Waals surface area contributed by atoms with E-state index in [1.54, 1.807) is 26.2 Å². The molecule has 3 rings (SSSR count). The molecule has 2 amide bonds. The number of methoxy groups -OCH3 is 1. The molecule has 0 bridgehead atoms. The van der Waals surface area contributed by atoms with E-state index >= 15 is 0 Å². The molecule has 1 unspecified atom stereocenters. The molecule has 172 valence electrons. The van der Waals surface area contributed by atoms with Crippen LogP contribution in [0, 0.1) is 0 Å². The van der Waals surface area contributed by atoms with Crippen molar-refractivity contribution in [2.45, 2.75) is 50.2 Å². The quantitative estimate of drug-likeness (QED) is 0.585. The Bertz CT molecular complexity index is 894. The number of rotatable bonds is 8. The average molecular weight is 441 g/mol. The molecule has 2 aromatic carbocycles. The van der Waals surface area contributed by atoms with Gasteiger partial charge in [-0.2, -0.15) is 0 Å². The Morgan fingerprint density at radius 1 is 1.09 bits per heavy atom. The number of nitrogens with one attached hydrogen (secondary N) is 2. The predicted octanol–water partition coefficient (Wildman–Crippen LogP) is 3.41. The molecule has 7 nitrogen and oxygen atoms in total. The number of aliphatic hydroxyl groups is 1. The number of carbonyl (C=O) groups excluding carboxylic acids is 2. The Balaban J connectivity index is 1.68. The number of benzene rings is 2. The van der Waals surface area contributed by atoms with Crippen LogP contribution in [-0.2, 0) is 10.2 Å². The summed E-state index contributed by atoms with van der Waals surface area (Å²) in [5.41, 5.74) is 1.43. The smallest absolute Gasteiger partial charge is 0.407 e. The summed E-state index contributed by atoms with van der Waals surface area (Å²) in [6.07, 6.45) is 2.24. The van der Waals surface area contributed by atoms with E-state index in [-0.39, 0.29) is 30.1 Å². The lowest BCUT2D eigenvalue weighted by molar-refractivity contribution is 0.0533. The number of alkyl carbamates (subject to hydrolysis) is 1. The van der Waals surface area contributed by atoms with Gasteiger partial charge in [0.05, 0.1) is 25.3 Å². The van der Waals surface area contributed by atoms with Crippen molar-refractivity contribution in [3.8, 4) is 5.75 Å². The second-order valence-corrected chi connectivity index (χ2v) is 8.36. The summed E-state index contributed by atoms with van der Waals surface area (Å²) in [6, 6.07) is 17.0. The van der Waals surface area contributed by atoms with Crippen LogP contribution in [0.15, 0.2) is 54.6 Å². The molecule has 0 aromatic heterocycles. The van der Waals surface area contributed by atoms with Crippen molar-refractivity contribution in [3.05, 3.63) is 65.7 Å². The zero-order valence-electron chi connectivity index (χ0n) is 18.7. The van der Waals surface area contributed by atoms with Crippen LogP contribution in [-0.4, -0.2) is 49.5 Å². The number of para-hydroxylation sites is 1. The molecule has 1 aliphatic carbocycles. The van der Waals surface area contributed by atoms with Crippen LogP contribution < -0.4 is 15.4 Å². The van der Waals surface area contributed by atoms with E-state index in [1.807, 2.05) is 30.3 Å². The Labute approximate surface area is 189 Å². The first-order valence-corrected chi connectivity index (χ1v) is 11.0. The molecule has 3 N–H and O–H groups in total. The Morgan fingerprint density at radius 2 is 1.75 bits per heavy atom. The summed E-state index contributed by atoms with van der Waals surface area (Å²) in [5.74, 6) is 0.368. The van der Waals surface area contributed by atoms with Crippen LogP contribution in [0.5, 0.6) is 5.75 Å². The molecule has 1 fully saturated rings. The van der Waals surface area contributed by atoms with Crippen molar-refractivity contribution in [1.82, 2.24) is 10.6 Å². The predicted molar refractivity (Wildman–Crippen MR) is 122 cm³/mol. The van der Waals surface area contributed by atoms with E-state index in [0.29, 0.717) is 30.7 Å². The van der Waals surface area contributed by atoms with Gasteiger partial charge in [0.15, 0.2) is 0 Å². The van der Waals surface area contributed by atoms with Crippen molar-refractivity contribution in [2.75, 3.05) is 20.3 Å². The van der Waals surface area contributed by atoms with Gasteiger partial charge in [-0.1, -0.05) is 42.5 Å². The van der Waals surface area contributed by atoms with Gasteiger partial charge in [-0.25, -0.2) is 4.79 Å². The summed E-state index contributed by atoms with van der Waals surface area (Å²) in [5, 5.41) is 14.8. The first-order chi connectivity index (χ1) is 15.5. The minimum Gasteiger partial charge on any atom is -0.496 e. The van der Waals surface area contributed by atoms with Gasteiger partial charge in [-0.05, 0) is 50.3 Å². The standard InChI is InChI=1S/C25H32N2O5/c1-18(16-28)27-24(30)32-20-12-14-25(15-13-20,19-8-4-3-5-9-19)17-26-23(29)21-10-6-7-11-22(21)31-2/h3-11,18,20,28H,12-17H2,1-2H3,(H,26,29)(H,27,30). The second kappa shape index (κ2) is 11.0. The monoisotopic (exact) mass is 440 g/mol. The van der Waals surface area contributed by atoms with Gasteiger partial charge in [0.1, 0.15) is 11.9 Å². The average Bonchev–Trinajstić information content (AvgIpc) is 2.84. The topological polar surface area (TPSA) is 96.9 Å². The molecule has 1 atom stereocenters. The van der Waals surface area contributed by atoms with Gasteiger partial charge in [0.2, 0.25) is 0 Å². The van der Waals surface area contributed by atoms with Crippen molar-refractivity contribution >= 4 is 12.0 Å². The van der Waals surface area contributed by atoms with Gasteiger partial charge < -0.3 is 25.2 Å². The van der Waals surface area contributed by atoms with Crippen LogP contribution in [0.4, 0.5) is 4.79 Å². The molecule has 0 saturated heterocycles. The number of amides is 2. The van der Waals surface area contributed by atoms with Crippen molar-refractivity contribution in [1.29, 1.82) is 0 Å². The van der Waals surface area contributed by atoms with Crippen molar-refractivity contribution in [2.24, 2.45) is 0 Å². The molecule has 0 spiro atoms. The van der Waals surface area contributed by atoms with Gasteiger partial charge in [-0.15, -0.1) is 0 Å². The third-order valence-corrected chi connectivity index (χ3v) is 6.13. The summed E-state index contributed by atoms with van der Waals surface area (Å²) >= 11 is 0. The second-order valence-electron chi connectivity index (χ2n) is 8.36. The van der Waals surface area contributed by atoms with Crippen LogP contribution in [0.25, 0.3) is 0 Å². The first kappa shape index (κ1) is 23.6. The highest BCUT2D eigenvalue weighted by molar-refractivity contribution is 5.96. The van der Waals surface area contributed by atoms with Crippen molar-refractivity contribution in [3.63, 3.8) is 0 Å². The molecule has 1 saturated carbocycles. The van der Waals surface area contributed by atoms with E-state index in [9.17, 15) is 9.59 Å². The summed E-state index contributed by atoms with van der Waals surface area (Å²) in [6.45, 7) is 2.06. The minimum absolute atomic E-state index is 0.136. The number of hydrogen-bond donors (Lipinski definition) is 3. The zero-order valence-corrected chi connectivity index (χ0v) is 18.7. The fourth-order valence-corrected chi connectivity index (χ4v) is 4.23. The van der Waals surface area contributed by atoms with Crippen LogP contribution in [0.2, 0.25) is 0 Å². The summed E-state index contributed by atoms with van der Waals surface area (Å²) in [7, 11) is 1.55. The molecule has 32 heavy (non-hydrogen) atoms. The van der Waals surface area contributed by atoms with Crippen LogP contribution in [0.3, 0.4) is 0 Å². The molecule has 0 aliphatic heterocycles. The maximum Gasteiger partial charge on any atom is 0.407 e. The number of hydrogen-bond acceptors (Lipinski definition) is 5. The SMILES string of the molecule is COc1ccccc1C(=O)NCC1(c2ccccc2)CCC(OC(=O)NC(C)CO)CC1. The molecule has 1 aliphatic rings. The Morgan fingerprint density at radius 3 is 2.41 bits per heavy atom. The fraction of sp³-hybridized carbons (Fsp3) is 0.440. The third kappa shape index (κ3) is 5.79. The molecular formula is C25H32N2O5. The molecule has 7 heteroatoms. The fourth-order valence-electron chi connectivity index (χ4n) is 4.23. The number of carbonyl (C=O) groups is 2. The van der Waals surface area contributed by atoms with Gasteiger partial charge in [0.25, 0.3) is 5.91 Å². The maximum atomic E-state index is 12.9. The number of aliphatic hydroxyl groups excluding tert-OH is 1. The largest absolute Gasteiger partial charge is 0.496 e. The van der Waals surface area contributed by atoms with E-state index in [1.165, 1.54) is 0 Å². The van der Waals surface area contributed by atoms with E-state index in [2.05, 4.69) is 22.8 Å². The lowest BCUT2D eigenvalue weighted by Gasteiger charge is -2.40. The summed E-state index contributed by atoms with van der Waals surface area (Å²) in [4.78, 5) is 24.9. The molecule has 2 aromatic rings. The zero-order chi connectivity index (χ0) is 23.0. The van der Waals surface area contributed by atoms with Crippen molar-refractivity contribution < 1.29 is 24.2 Å². The van der Waals surface area contributed by atoms with Crippen LogP contribution >= 0.6 is 0 Å².